The second kappa shape index (κ2) is 7.07. The number of amides is 1. The van der Waals surface area contributed by atoms with Gasteiger partial charge in [-0.05, 0) is 30.4 Å². The van der Waals surface area contributed by atoms with Gasteiger partial charge in [0, 0.05) is 11.6 Å². The molecule has 7 nitrogen and oxygen atoms in total. The Kier molecular flexibility index (Phi) is 4.58. The summed E-state index contributed by atoms with van der Waals surface area (Å²) in [5.74, 6) is -1.25. The van der Waals surface area contributed by atoms with Crippen LogP contribution in [0.4, 0.5) is 0 Å². The van der Waals surface area contributed by atoms with Gasteiger partial charge in [-0.3, -0.25) is 4.79 Å². The van der Waals surface area contributed by atoms with Gasteiger partial charge in [-0.15, -0.1) is 0 Å². The van der Waals surface area contributed by atoms with E-state index in [0.29, 0.717) is 33.8 Å². The van der Waals surface area contributed by atoms with Crippen LogP contribution >= 0.6 is 0 Å². The summed E-state index contributed by atoms with van der Waals surface area (Å²) in [4.78, 5) is 29.5. The fraction of sp³-hybridized carbons (Fsp3) is 0.333. The van der Waals surface area contributed by atoms with Crippen molar-refractivity contribution < 1.29 is 19.2 Å². The predicted molar refractivity (Wildman–Crippen MR) is 102 cm³/mol. The van der Waals surface area contributed by atoms with Crippen molar-refractivity contribution in [3.8, 4) is 0 Å². The van der Waals surface area contributed by atoms with Gasteiger partial charge >= 0.3 is 5.97 Å². The monoisotopic (exact) mass is 379 g/mol. The Balaban J connectivity index is 1.77. The summed E-state index contributed by atoms with van der Waals surface area (Å²) in [5.41, 5.74) is 2.62. The summed E-state index contributed by atoms with van der Waals surface area (Å²) in [6, 6.07) is 9.23. The van der Waals surface area contributed by atoms with Crippen LogP contribution in [0.2, 0.25) is 0 Å². The van der Waals surface area contributed by atoms with Gasteiger partial charge in [-0.25, -0.2) is 9.78 Å². The van der Waals surface area contributed by atoms with Crippen molar-refractivity contribution in [1.82, 2.24) is 15.5 Å². The van der Waals surface area contributed by atoms with Gasteiger partial charge in [0.2, 0.25) is 0 Å². The van der Waals surface area contributed by atoms with E-state index in [9.17, 15) is 14.7 Å². The Morgan fingerprint density at radius 2 is 1.93 bits per heavy atom. The van der Waals surface area contributed by atoms with Gasteiger partial charge in [0.15, 0.2) is 6.04 Å². The van der Waals surface area contributed by atoms with Gasteiger partial charge in [-0.1, -0.05) is 49.3 Å². The SMILES string of the molecule is CC(C)c1noc2nc(C3CC3)cc(C(=O)N[C@@H](C(=O)O)c3ccccc3)c12. The fourth-order valence-corrected chi connectivity index (χ4v) is 3.30. The van der Waals surface area contributed by atoms with Crippen LogP contribution in [-0.2, 0) is 4.79 Å². The summed E-state index contributed by atoms with van der Waals surface area (Å²) in [7, 11) is 0. The topological polar surface area (TPSA) is 105 Å². The number of aliphatic carboxylic acids is 1. The van der Waals surface area contributed by atoms with Crippen molar-refractivity contribution in [3.63, 3.8) is 0 Å². The molecular formula is C21H21N3O4. The van der Waals surface area contributed by atoms with Crippen molar-refractivity contribution in [2.24, 2.45) is 0 Å². The number of aromatic nitrogens is 2. The van der Waals surface area contributed by atoms with Crippen molar-refractivity contribution in [1.29, 1.82) is 0 Å². The van der Waals surface area contributed by atoms with Crippen molar-refractivity contribution in [3.05, 3.63) is 58.9 Å². The third-order valence-electron chi connectivity index (χ3n) is 4.94. The van der Waals surface area contributed by atoms with Gasteiger partial charge in [0.1, 0.15) is 0 Å². The number of carbonyl (C=O) groups is 2. The van der Waals surface area contributed by atoms with Crippen molar-refractivity contribution in [2.45, 2.75) is 44.6 Å². The highest BCUT2D eigenvalue weighted by Gasteiger charge is 2.31. The minimum atomic E-state index is -1.15. The Labute approximate surface area is 161 Å². The molecular weight excluding hydrogens is 358 g/mol. The Bertz CT molecular complexity index is 1040. The van der Waals surface area contributed by atoms with E-state index in [1.165, 1.54) is 0 Å². The molecule has 0 spiro atoms. The molecule has 2 N–H and O–H groups in total. The summed E-state index contributed by atoms with van der Waals surface area (Å²) < 4.78 is 5.40. The van der Waals surface area contributed by atoms with Crippen LogP contribution in [-0.4, -0.2) is 27.1 Å². The van der Waals surface area contributed by atoms with Crippen molar-refractivity contribution >= 4 is 23.0 Å². The summed E-state index contributed by atoms with van der Waals surface area (Å²) >= 11 is 0. The minimum Gasteiger partial charge on any atom is -0.479 e. The highest BCUT2D eigenvalue weighted by molar-refractivity contribution is 6.07. The molecule has 1 fully saturated rings. The number of benzene rings is 1. The first-order chi connectivity index (χ1) is 13.5. The smallest absolute Gasteiger partial charge is 0.330 e. The predicted octanol–water partition coefficient (Wildman–Crippen LogP) is 3.78. The number of hydrogen-bond donors (Lipinski definition) is 2. The molecule has 144 valence electrons. The molecule has 3 aromatic rings. The number of nitrogens with one attached hydrogen (secondary N) is 1. The molecule has 4 rings (SSSR count). The Hall–Kier alpha value is -3.22. The van der Waals surface area contributed by atoms with Crippen LogP contribution in [0.5, 0.6) is 0 Å². The van der Waals surface area contributed by atoms with Crippen LogP contribution in [0.15, 0.2) is 40.9 Å². The Morgan fingerprint density at radius 1 is 1.21 bits per heavy atom. The van der Waals surface area contributed by atoms with E-state index >= 15 is 0 Å². The minimum absolute atomic E-state index is 0.0331. The van der Waals surface area contributed by atoms with E-state index < -0.39 is 17.9 Å². The lowest BCUT2D eigenvalue weighted by molar-refractivity contribution is -0.139. The number of hydrogen-bond acceptors (Lipinski definition) is 5. The van der Waals surface area contributed by atoms with Gasteiger partial charge in [0.25, 0.3) is 11.6 Å². The quantitative estimate of drug-likeness (QED) is 0.675. The standard InChI is InChI=1S/C21H21N3O4/c1-11(2)17-16-14(10-15(12-8-9-12)22-20(16)28-24-17)19(25)23-18(21(26)27)13-6-4-3-5-7-13/h3-7,10-12,18H,8-9H2,1-2H3,(H,23,25)(H,26,27)/t18-/m1/s1. The lowest BCUT2D eigenvalue weighted by Gasteiger charge is -2.16. The van der Waals surface area contributed by atoms with E-state index in [0.717, 1.165) is 18.5 Å². The summed E-state index contributed by atoms with van der Waals surface area (Å²) in [6.07, 6.45) is 2.04. The third-order valence-corrected chi connectivity index (χ3v) is 4.94. The zero-order valence-electron chi connectivity index (χ0n) is 15.7. The molecule has 0 saturated heterocycles. The van der Waals surface area contributed by atoms with E-state index in [4.69, 9.17) is 4.52 Å². The highest BCUT2D eigenvalue weighted by Crippen LogP contribution is 2.41. The average molecular weight is 379 g/mol. The van der Waals surface area contributed by atoms with Crippen LogP contribution in [0, 0.1) is 0 Å². The van der Waals surface area contributed by atoms with Crippen LogP contribution in [0.1, 0.15) is 71.9 Å². The number of pyridine rings is 1. The molecule has 28 heavy (non-hydrogen) atoms. The molecule has 1 amide bonds. The molecule has 1 aromatic carbocycles. The number of carboxylic acids is 1. The van der Waals surface area contributed by atoms with Crippen molar-refractivity contribution in [2.75, 3.05) is 0 Å². The number of carbonyl (C=O) groups excluding carboxylic acids is 1. The van der Waals surface area contributed by atoms with E-state index in [2.05, 4.69) is 15.5 Å². The normalized spacial score (nSPS) is 15.0. The van der Waals surface area contributed by atoms with Crippen LogP contribution in [0.25, 0.3) is 11.1 Å². The lowest BCUT2D eigenvalue weighted by Crippen LogP contribution is -2.34. The molecule has 0 bridgehead atoms. The second-order valence-electron chi connectivity index (χ2n) is 7.43. The molecule has 2 aromatic heterocycles. The van der Waals surface area contributed by atoms with Crippen LogP contribution in [0.3, 0.4) is 0 Å². The highest BCUT2D eigenvalue weighted by atomic mass is 16.5. The maximum Gasteiger partial charge on any atom is 0.330 e. The van der Waals surface area contributed by atoms with E-state index in [1.54, 1.807) is 36.4 Å². The molecule has 1 atom stereocenters. The molecule has 0 radical (unpaired) electrons. The first-order valence-corrected chi connectivity index (χ1v) is 9.34. The fourth-order valence-electron chi connectivity index (χ4n) is 3.30. The van der Waals surface area contributed by atoms with E-state index in [1.807, 2.05) is 13.8 Å². The summed E-state index contributed by atoms with van der Waals surface area (Å²) in [5, 5.41) is 16.9. The molecule has 2 heterocycles. The molecule has 1 aliphatic rings. The number of carboxylic acid groups (broad SMARTS) is 1. The average Bonchev–Trinajstić information content (AvgIpc) is 3.44. The zero-order chi connectivity index (χ0) is 19.8. The first kappa shape index (κ1) is 18.2. The molecule has 0 aliphatic heterocycles. The second-order valence-corrected chi connectivity index (χ2v) is 7.43. The number of fused-ring (bicyclic) bond motifs is 1. The summed E-state index contributed by atoms with van der Waals surface area (Å²) in [6.45, 7) is 3.91. The molecule has 1 saturated carbocycles. The molecule has 7 heteroatoms. The largest absolute Gasteiger partial charge is 0.479 e. The van der Waals surface area contributed by atoms with Crippen LogP contribution < -0.4 is 5.32 Å². The lowest BCUT2D eigenvalue weighted by atomic mass is 10.0. The third kappa shape index (κ3) is 3.35. The Morgan fingerprint density at radius 3 is 2.54 bits per heavy atom. The maximum absolute atomic E-state index is 13.1. The number of rotatable bonds is 6. The molecule has 0 unspecified atom stereocenters. The van der Waals surface area contributed by atoms with Gasteiger partial charge in [-0.2, -0.15) is 0 Å². The molecule has 1 aliphatic carbocycles. The number of nitrogens with zero attached hydrogens (tertiary/aromatic N) is 2. The van der Waals surface area contributed by atoms with Gasteiger partial charge < -0.3 is 14.9 Å². The van der Waals surface area contributed by atoms with Gasteiger partial charge in [0.05, 0.1) is 16.6 Å². The maximum atomic E-state index is 13.1. The zero-order valence-corrected chi connectivity index (χ0v) is 15.7. The first-order valence-electron chi connectivity index (χ1n) is 9.34. The van der Waals surface area contributed by atoms with E-state index in [-0.39, 0.29) is 5.92 Å².